The Morgan fingerprint density at radius 1 is 1.41 bits per heavy atom. The van der Waals surface area contributed by atoms with Gasteiger partial charge in [0.15, 0.2) is 5.03 Å². The van der Waals surface area contributed by atoms with E-state index in [1.807, 2.05) is 22.6 Å². The molecule has 0 bridgehead atoms. The monoisotopic (exact) mass is 383 g/mol. The molecule has 1 aromatic carbocycles. The Morgan fingerprint density at radius 3 is 2.76 bits per heavy atom. The van der Waals surface area contributed by atoms with Gasteiger partial charge < -0.3 is 4.98 Å². The van der Waals surface area contributed by atoms with E-state index in [2.05, 4.69) is 14.7 Å². The molecule has 2 N–H and O–H groups in total. The normalized spacial score (nSPS) is 11.4. The summed E-state index contributed by atoms with van der Waals surface area (Å²) in [7, 11) is -3.62. The summed E-state index contributed by atoms with van der Waals surface area (Å²) < 4.78 is 26.9. The van der Waals surface area contributed by atoms with Crippen molar-refractivity contribution in [3.05, 3.63) is 39.3 Å². The van der Waals surface area contributed by atoms with Crippen molar-refractivity contribution < 1.29 is 8.42 Å². The first kappa shape index (κ1) is 12.7. The fraction of sp³-hybridized carbons (Fsp3) is 0. The van der Waals surface area contributed by atoms with Crippen molar-refractivity contribution in [2.24, 2.45) is 0 Å². The van der Waals surface area contributed by atoms with Gasteiger partial charge in [0.2, 0.25) is 0 Å². The Bertz CT molecular complexity index is 628. The number of anilines is 1. The molecule has 0 spiro atoms. The van der Waals surface area contributed by atoms with E-state index in [0.29, 0.717) is 10.7 Å². The Hall–Kier alpha value is -0.800. The molecule has 0 fully saturated rings. The van der Waals surface area contributed by atoms with E-state index >= 15 is 0 Å². The maximum atomic E-state index is 11.9. The van der Waals surface area contributed by atoms with E-state index < -0.39 is 10.0 Å². The molecule has 90 valence electrons. The number of imidazole rings is 1. The molecule has 1 aromatic heterocycles. The van der Waals surface area contributed by atoms with Crippen LogP contribution >= 0.6 is 34.2 Å². The first-order valence-electron chi connectivity index (χ1n) is 4.45. The van der Waals surface area contributed by atoms with Crippen LogP contribution in [-0.2, 0) is 10.0 Å². The van der Waals surface area contributed by atoms with Crippen LogP contribution < -0.4 is 4.72 Å². The lowest BCUT2D eigenvalue weighted by molar-refractivity contribution is 0.598. The van der Waals surface area contributed by atoms with Crippen molar-refractivity contribution in [2.45, 2.75) is 5.03 Å². The van der Waals surface area contributed by atoms with Gasteiger partial charge in [-0.25, -0.2) is 4.98 Å². The first-order chi connectivity index (χ1) is 7.99. The summed E-state index contributed by atoms with van der Waals surface area (Å²) >= 11 is 7.80. The van der Waals surface area contributed by atoms with Crippen LogP contribution in [0.2, 0.25) is 5.02 Å². The average molecular weight is 384 g/mol. The van der Waals surface area contributed by atoms with Crippen LogP contribution in [0.25, 0.3) is 0 Å². The Kier molecular flexibility index (Phi) is 3.59. The van der Waals surface area contributed by atoms with Gasteiger partial charge in [-0.15, -0.1) is 0 Å². The highest BCUT2D eigenvalue weighted by Crippen LogP contribution is 2.24. The van der Waals surface area contributed by atoms with Crippen molar-refractivity contribution in [3.8, 4) is 0 Å². The number of sulfonamides is 1. The summed E-state index contributed by atoms with van der Waals surface area (Å²) in [6, 6.07) is 4.90. The zero-order chi connectivity index (χ0) is 12.5. The third-order valence-electron chi connectivity index (χ3n) is 1.94. The molecule has 0 aliphatic heterocycles. The van der Waals surface area contributed by atoms with Crippen LogP contribution in [0.4, 0.5) is 5.69 Å². The highest BCUT2D eigenvalue weighted by Gasteiger charge is 2.16. The van der Waals surface area contributed by atoms with Crippen LogP contribution in [0.15, 0.2) is 35.7 Å². The summed E-state index contributed by atoms with van der Waals surface area (Å²) in [5.74, 6) is 0. The van der Waals surface area contributed by atoms with Gasteiger partial charge >= 0.3 is 0 Å². The second kappa shape index (κ2) is 4.83. The number of H-pyrrole nitrogens is 1. The number of nitrogens with one attached hydrogen (secondary N) is 2. The average Bonchev–Trinajstić information content (AvgIpc) is 2.76. The molecule has 0 aliphatic carbocycles. The van der Waals surface area contributed by atoms with Gasteiger partial charge in [0.25, 0.3) is 10.0 Å². The Labute approximate surface area is 117 Å². The predicted octanol–water partition coefficient (Wildman–Crippen LogP) is 2.47. The van der Waals surface area contributed by atoms with E-state index in [0.717, 1.165) is 3.57 Å². The van der Waals surface area contributed by atoms with E-state index in [-0.39, 0.29) is 5.03 Å². The SMILES string of the molecule is O=S(=O)(Nc1ccc(Cl)cc1I)c1cnc[nH]1. The summed E-state index contributed by atoms with van der Waals surface area (Å²) in [5.41, 5.74) is 0.476. The standard InChI is InChI=1S/C9H7ClIN3O2S/c10-6-1-2-8(7(11)3-6)14-17(15,16)9-4-12-5-13-9/h1-5,14H,(H,12,13). The van der Waals surface area contributed by atoms with Crippen LogP contribution in [0.1, 0.15) is 0 Å². The van der Waals surface area contributed by atoms with Crippen LogP contribution in [-0.4, -0.2) is 18.4 Å². The number of rotatable bonds is 3. The molecular weight excluding hydrogens is 377 g/mol. The molecule has 0 radical (unpaired) electrons. The van der Waals surface area contributed by atoms with Crippen LogP contribution in [0, 0.1) is 3.57 Å². The van der Waals surface area contributed by atoms with Crippen LogP contribution in [0.3, 0.4) is 0 Å². The zero-order valence-electron chi connectivity index (χ0n) is 8.31. The van der Waals surface area contributed by atoms with Gasteiger partial charge in [-0.2, -0.15) is 8.42 Å². The molecule has 0 amide bonds. The van der Waals surface area contributed by atoms with Gasteiger partial charge in [-0.05, 0) is 40.8 Å². The second-order valence-corrected chi connectivity index (χ2v) is 6.39. The quantitative estimate of drug-likeness (QED) is 0.800. The van der Waals surface area contributed by atoms with Crippen molar-refractivity contribution >= 4 is 49.9 Å². The molecule has 0 saturated heterocycles. The van der Waals surface area contributed by atoms with Crippen molar-refractivity contribution in [1.82, 2.24) is 9.97 Å². The maximum Gasteiger partial charge on any atom is 0.279 e. The molecule has 2 aromatic rings. The molecule has 5 nitrogen and oxygen atoms in total. The van der Waals surface area contributed by atoms with Gasteiger partial charge in [-0.1, -0.05) is 11.6 Å². The molecule has 8 heteroatoms. The zero-order valence-corrected chi connectivity index (χ0v) is 12.0. The van der Waals surface area contributed by atoms with E-state index in [1.54, 1.807) is 18.2 Å². The van der Waals surface area contributed by atoms with Crippen molar-refractivity contribution in [1.29, 1.82) is 0 Å². The number of aromatic amines is 1. The number of benzene rings is 1. The van der Waals surface area contributed by atoms with Gasteiger partial charge in [0, 0.05) is 8.59 Å². The minimum Gasteiger partial charge on any atom is -0.334 e. The lowest BCUT2D eigenvalue weighted by Crippen LogP contribution is -2.14. The Morgan fingerprint density at radius 2 is 2.18 bits per heavy atom. The molecule has 1 heterocycles. The lowest BCUT2D eigenvalue weighted by atomic mass is 10.3. The minimum absolute atomic E-state index is 0.0169. The fourth-order valence-corrected chi connectivity index (χ4v) is 3.34. The topological polar surface area (TPSA) is 74.8 Å². The largest absolute Gasteiger partial charge is 0.334 e. The maximum absolute atomic E-state index is 11.9. The summed E-state index contributed by atoms with van der Waals surface area (Å²) in [5, 5.41) is 0.571. The number of aromatic nitrogens is 2. The molecule has 0 atom stereocenters. The van der Waals surface area contributed by atoms with Gasteiger partial charge in [0.05, 0.1) is 18.2 Å². The Balaban J connectivity index is 2.33. The van der Waals surface area contributed by atoms with Crippen molar-refractivity contribution in [3.63, 3.8) is 0 Å². The molecule has 0 aliphatic rings. The van der Waals surface area contributed by atoms with E-state index in [4.69, 9.17) is 11.6 Å². The minimum atomic E-state index is -3.62. The fourth-order valence-electron chi connectivity index (χ4n) is 1.16. The second-order valence-electron chi connectivity index (χ2n) is 3.15. The molecule has 0 unspecified atom stereocenters. The third-order valence-corrected chi connectivity index (χ3v) is 4.36. The molecular formula is C9H7ClIN3O2S. The van der Waals surface area contributed by atoms with E-state index in [1.165, 1.54) is 12.5 Å². The summed E-state index contributed by atoms with van der Waals surface area (Å²) in [6.45, 7) is 0. The third kappa shape index (κ3) is 2.90. The van der Waals surface area contributed by atoms with Crippen LogP contribution in [0.5, 0.6) is 0 Å². The van der Waals surface area contributed by atoms with Crippen molar-refractivity contribution in [2.75, 3.05) is 4.72 Å². The highest BCUT2D eigenvalue weighted by atomic mass is 127. The molecule has 17 heavy (non-hydrogen) atoms. The number of halogens is 2. The first-order valence-corrected chi connectivity index (χ1v) is 7.39. The van der Waals surface area contributed by atoms with E-state index in [9.17, 15) is 8.42 Å². The molecule has 0 saturated carbocycles. The highest BCUT2D eigenvalue weighted by molar-refractivity contribution is 14.1. The lowest BCUT2D eigenvalue weighted by Gasteiger charge is -2.08. The predicted molar refractivity (Wildman–Crippen MR) is 73.6 cm³/mol. The molecule has 2 rings (SSSR count). The number of hydrogen-bond donors (Lipinski definition) is 2. The van der Waals surface area contributed by atoms with Gasteiger partial charge in [0.1, 0.15) is 0 Å². The van der Waals surface area contributed by atoms with Gasteiger partial charge in [-0.3, -0.25) is 4.72 Å². The smallest absolute Gasteiger partial charge is 0.279 e. The summed E-state index contributed by atoms with van der Waals surface area (Å²) in [4.78, 5) is 6.21. The summed E-state index contributed by atoms with van der Waals surface area (Å²) in [6.07, 6.45) is 2.55. The number of hydrogen-bond acceptors (Lipinski definition) is 3. The number of nitrogens with zero attached hydrogens (tertiary/aromatic N) is 1.